The van der Waals surface area contributed by atoms with E-state index in [4.69, 9.17) is 0 Å². The number of nitrogens with one attached hydrogen (secondary N) is 1. The quantitative estimate of drug-likeness (QED) is 0.557. The lowest BCUT2D eigenvalue weighted by Crippen LogP contribution is -2.37. The fraction of sp³-hybridized carbons (Fsp3) is 0.462. The molecule has 0 saturated carbocycles. The molecule has 0 bridgehead atoms. The summed E-state index contributed by atoms with van der Waals surface area (Å²) >= 11 is 0. The van der Waals surface area contributed by atoms with Crippen LogP contribution in [0.5, 0.6) is 0 Å². The maximum atomic E-state index is 11.2. The molecule has 2 nitrogen and oxygen atoms in total. The van der Waals surface area contributed by atoms with Crippen LogP contribution in [0.2, 0.25) is 0 Å². The van der Waals surface area contributed by atoms with Crippen LogP contribution in [-0.2, 0) is 4.79 Å². The predicted molar refractivity (Wildman–Crippen MR) is 63.4 cm³/mol. The first-order chi connectivity index (χ1) is 7.04. The minimum Gasteiger partial charge on any atom is -0.346 e. The summed E-state index contributed by atoms with van der Waals surface area (Å²) in [5, 5.41) is 2.94. The molecule has 1 aliphatic carbocycles. The van der Waals surface area contributed by atoms with Crippen molar-refractivity contribution in [1.82, 2.24) is 5.32 Å². The lowest BCUT2D eigenvalue weighted by molar-refractivity contribution is -0.117. The Kier molecular flexibility index (Phi) is 3.89. The van der Waals surface area contributed by atoms with Gasteiger partial charge in [0.15, 0.2) is 0 Å². The monoisotopic (exact) mass is 205 g/mol. The van der Waals surface area contributed by atoms with Crippen LogP contribution in [0, 0.1) is 5.92 Å². The van der Waals surface area contributed by atoms with Crippen LogP contribution in [-0.4, -0.2) is 11.9 Å². The van der Waals surface area contributed by atoms with E-state index in [1.807, 2.05) is 6.92 Å². The van der Waals surface area contributed by atoms with Crippen LogP contribution in [0.3, 0.4) is 0 Å². The topological polar surface area (TPSA) is 29.1 Å². The van der Waals surface area contributed by atoms with E-state index in [0.717, 1.165) is 12.8 Å². The summed E-state index contributed by atoms with van der Waals surface area (Å²) in [6.07, 6.45) is 5.51. The Bertz CT molecular complexity index is 314. The molecule has 0 aromatic carbocycles. The van der Waals surface area contributed by atoms with Crippen molar-refractivity contribution in [1.29, 1.82) is 0 Å². The Hall–Kier alpha value is -1.31. The molecule has 0 aliphatic heterocycles. The van der Waals surface area contributed by atoms with Gasteiger partial charge in [-0.3, -0.25) is 4.79 Å². The lowest BCUT2D eigenvalue weighted by atomic mass is 9.83. The molecule has 0 fully saturated rings. The fourth-order valence-corrected chi connectivity index (χ4v) is 1.84. The van der Waals surface area contributed by atoms with Crippen molar-refractivity contribution in [2.24, 2.45) is 5.92 Å². The summed E-state index contributed by atoms with van der Waals surface area (Å²) in [6.45, 7) is 11.5. The van der Waals surface area contributed by atoms with Crippen molar-refractivity contribution in [2.75, 3.05) is 0 Å². The highest BCUT2D eigenvalue weighted by molar-refractivity contribution is 5.87. The zero-order valence-electron chi connectivity index (χ0n) is 9.55. The second kappa shape index (κ2) is 4.96. The van der Waals surface area contributed by atoms with Gasteiger partial charge in [0.05, 0.1) is 6.04 Å². The molecule has 1 rings (SSSR count). The molecular formula is C13H19NO. The summed E-state index contributed by atoms with van der Waals surface area (Å²) in [5.74, 6) is 0.388. The van der Waals surface area contributed by atoms with Gasteiger partial charge in [0.2, 0.25) is 5.91 Å². The first-order valence-electron chi connectivity index (χ1n) is 5.29. The Morgan fingerprint density at radius 1 is 1.67 bits per heavy atom. The van der Waals surface area contributed by atoms with Crippen LogP contribution in [0.4, 0.5) is 0 Å². The standard InChI is InChI=1S/C13H19NO/c1-5-13(15)14-12-8-11(9(2)3)7-6-10(12)4/h5-6,11-12H,1-2,7-8H2,3-4H3,(H,14,15)/t11-,12?/m0/s1. The van der Waals surface area contributed by atoms with Gasteiger partial charge in [-0.15, -0.1) is 0 Å². The van der Waals surface area contributed by atoms with Gasteiger partial charge in [-0.25, -0.2) is 0 Å². The second-order valence-corrected chi connectivity index (χ2v) is 4.23. The molecule has 0 saturated heterocycles. The third-order valence-corrected chi connectivity index (χ3v) is 2.99. The van der Waals surface area contributed by atoms with Gasteiger partial charge in [0.25, 0.3) is 0 Å². The van der Waals surface area contributed by atoms with Gasteiger partial charge in [-0.1, -0.05) is 30.4 Å². The van der Waals surface area contributed by atoms with E-state index in [-0.39, 0.29) is 11.9 Å². The zero-order valence-corrected chi connectivity index (χ0v) is 9.55. The number of amides is 1. The van der Waals surface area contributed by atoms with Crippen LogP contribution in [0.15, 0.2) is 36.5 Å². The molecule has 15 heavy (non-hydrogen) atoms. The minimum atomic E-state index is -0.102. The zero-order chi connectivity index (χ0) is 11.4. The van der Waals surface area contributed by atoms with Crippen molar-refractivity contribution in [3.8, 4) is 0 Å². The maximum absolute atomic E-state index is 11.2. The van der Waals surface area contributed by atoms with Crippen LogP contribution in [0.25, 0.3) is 0 Å². The first kappa shape index (κ1) is 11.8. The number of allylic oxidation sites excluding steroid dienone is 2. The molecule has 1 amide bonds. The van der Waals surface area contributed by atoms with Crippen LogP contribution >= 0.6 is 0 Å². The van der Waals surface area contributed by atoms with Gasteiger partial charge in [-0.2, -0.15) is 0 Å². The summed E-state index contributed by atoms with van der Waals surface area (Å²) in [4.78, 5) is 11.2. The predicted octanol–water partition coefficient (Wildman–Crippen LogP) is 2.59. The Balaban J connectivity index is 2.67. The minimum absolute atomic E-state index is 0.102. The van der Waals surface area contributed by atoms with Crippen molar-refractivity contribution in [2.45, 2.75) is 32.7 Å². The summed E-state index contributed by atoms with van der Waals surface area (Å²) in [5.41, 5.74) is 2.43. The molecule has 2 atom stereocenters. The van der Waals surface area contributed by atoms with Gasteiger partial charge in [0, 0.05) is 0 Å². The Labute approximate surface area is 91.8 Å². The third kappa shape index (κ3) is 3.08. The third-order valence-electron chi connectivity index (χ3n) is 2.99. The molecule has 82 valence electrons. The van der Waals surface area contributed by atoms with E-state index in [1.165, 1.54) is 17.2 Å². The number of carbonyl (C=O) groups excluding carboxylic acids is 1. The molecule has 0 aromatic heterocycles. The Morgan fingerprint density at radius 2 is 2.33 bits per heavy atom. The maximum Gasteiger partial charge on any atom is 0.243 e. The van der Waals surface area contributed by atoms with Crippen molar-refractivity contribution in [3.63, 3.8) is 0 Å². The molecule has 0 heterocycles. The number of hydrogen-bond acceptors (Lipinski definition) is 1. The Morgan fingerprint density at radius 3 is 2.87 bits per heavy atom. The fourth-order valence-electron chi connectivity index (χ4n) is 1.84. The molecule has 2 heteroatoms. The van der Waals surface area contributed by atoms with Crippen molar-refractivity contribution >= 4 is 5.91 Å². The van der Waals surface area contributed by atoms with E-state index in [9.17, 15) is 4.79 Å². The first-order valence-corrected chi connectivity index (χ1v) is 5.29. The molecule has 0 aromatic rings. The van der Waals surface area contributed by atoms with E-state index in [2.05, 4.69) is 31.5 Å². The molecule has 0 radical (unpaired) electrons. The summed E-state index contributed by atoms with van der Waals surface area (Å²) in [7, 11) is 0. The summed E-state index contributed by atoms with van der Waals surface area (Å²) < 4.78 is 0. The van der Waals surface area contributed by atoms with Gasteiger partial charge >= 0.3 is 0 Å². The molecular weight excluding hydrogens is 186 g/mol. The lowest BCUT2D eigenvalue weighted by Gasteiger charge is -2.29. The molecule has 1 unspecified atom stereocenters. The average molecular weight is 205 g/mol. The highest BCUT2D eigenvalue weighted by atomic mass is 16.1. The van der Waals surface area contributed by atoms with E-state index >= 15 is 0 Å². The SMILES string of the molecule is C=CC(=O)NC1C[C@@H](C(=C)C)CC=C1C. The van der Waals surface area contributed by atoms with E-state index in [0.29, 0.717) is 5.92 Å². The van der Waals surface area contributed by atoms with E-state index in [1.54, 1.807) is 0 Å². The smallest absolute Gasteiger partial charge is 0.243 e. The van der Waals surface area contributed by atoms with Crippen LogP contribution in [0.1, 0.15) is 26.7 Å². The number of rotatable bonds is 3. The van der Waals surface area contributed by atoms with Crippen molar-refractivity contribution < 1.29 is 4.79 Å². The van der Waals surface area contributed by atoms with E-state index < -0.39 is 0 Å². The van der Waals surface area contributed by atoms with Crippen molar-refractivity contribution in [3.05, 3.63) is 36.5 Å². The average Bonchev–Trinajstić information content (AvgIpc) is 2.20. The highest BCUT2D eigenvalue weighted by Crippen LogP contribution is 2.28. The summed E-state index contributed by atoms with van der Waals surface area (Å²) in [6, 6.07) is 0.144. The van der Waals surface area contributed by atoms with Gasteiger partial charge in [-0.05, 0) is 38.7 Å². The molecule has 1 aliphatic rings. The number of hydrogen-bond donors (Lipinski definition) is 1. The van der Waals surface area contributed by atoms with Gasteiger partial charge in [0.1, 0.15) is 0 Å². The van der Waals surface area contributed by atoms with Crippen LogP contribution < -0.4 is 5.32 Å². The van der Waals surface area contributed by atoms with Gasteiger partial charge < -0.3 is 5.32 Å². The largest absolute Gasteiger partial charge is 0.346 e. The second-order valence-electron chi connectivity index (χ2n) is 4.23. The molecule has 0 spiro atoms. The number of carbonyl (C=O) groups is 1. The molecule has 1 N–H and O–H groups in total. The highest BCUT2D eigenvalue weighted by Gasteiger charge is 2.22. The normalized spacial score (nSPS) is 25.3.